The molecule has 22 heavy (non-hydrogen) atoms. The van der Waals surface area contributed by atoms with Crippen LogP contribution in [0.15, 0.2) is 35.1 Å². The lowest BCUT2D eigenvalue weighted by Gasteiger charge is -2.10. The van der Waals surface area contributed by atoms with E-state index in [4.69, 9.17) is 10.6 Å². The van der Waals surface area contributed by atoms with Crippen molar-refractivity contribution in [1.82, 2.24) is 15.2 Å². The Morgan fingerprint density at radius 2 is 2.05 bits per heavy atom. The van der Waals surface area contributed by atoms with Gasteiger partial charge in [0.15, 0.2) is 0 Å². The number of rotatable bonds is 5. The molecule has 0 fully saturated rings. The summed E-state index contributed by atoms with van der Waals surface area (Å²) in [5.41, 5.74) is 2.80. The summed E-state index contributed by atoms with van der Waals surface area (Å²) < 4.78 is 6.39. The van der Waals surface area contributed by atoms with Gasteiger partial charge in [-0.05, 0) is 36.8 Å². The highest BCUT2D eigenvalue weighted by Gasteiger charge is 2.15. The third-order valence-corrected chi connectivity index (χ3v) is 3.17. The highest BCUT2D eigenvalue weighted by atomic mass is 16.5. The third-order valence-electron chi connectivity index (χ3n) is 3.17. The lowest BCUT2D eigenvalue weighted by Crippen LogP contribution is -2.37. The van der Waals surface area contributed by atoms with Crippen LogP contribution in [0.25, 0.3) is 11.3 Å². The van der Waals surface area contributed by atoms with E-state index in [9.17, 15) is 9.59 Å². The number of benzene rings is 1. The Morgan fingerprint density at radius 3 is 2.59 bits per heavy atom. The minimum absolute atomic E-state index is 0.0308. The zero-order chi connectivity index (χ0) is 16.1. The summed E-state index contributed by atoms with van der Waals surface area (Å²) in [7, 11) is 1.58. The van der Waals surface area contributed by atoms with E-state index in [1.165, 1.54) is 10.7 Å². The fourth-order valence-corrected chi connectivity index (χ4v) is 2.05. The number of ether oxygens (including phenoxy) is 1. The summed E-state index contributed by atoms with van der Waals surface area (Å²) in [4.78, 5) is 24.0. The molecule has 0 aliphatic heterocycles. The molecule has 1 amide bonds. The number of hydrazine groups is 1. The number of nitrogen functional groups attached to an aromatic ring is 1. The van der Waals surface area contributed by atoms with Crippen LogP contribution in [0.4, 0.5) is 0 Å². The largest absolute Gasteiger partial charge is 0.497 e. The van der Waals surface area contributed by atoms with Crippen LogP contribution in [0.2, 0.25) is 0 Å². The van der Waals surface area contributed by atoms with E-state index in [2.05, 4.69) is 5.10 Å². The molecule has 0 atom stereocenters. The predicted molar refractivity (Wildman–Crippen MR) is 82.4 cm³/mol. The van der Waals surface area contributed by atoms with Gasteiger partial charge in [-0.15, -0.1) is 0 Å². The molecule has 2 aromatic rings. The molecule has 7 nitrogen and oxygen atoms in total. The van der Waals surface area contributed by atoms with Gasteiger partial charge in [0, 0.05) is 12.1 Å². The number of nitrogens with one attached hydrogen (secondary N) is 1. The maximum Gasteiger partial charge on any atom is 0.279 e. The van der Waals surface area contributed by atoms with E-state index in [1.807, 2.05) is 24.5 Å². The van der Waals surface area contributed by atoms with Gasteiger partial charge in [-0.2, -0.15) is 5.10 Å². The van der Waals surface area contributed by atoms with Crippen molar-refractivity contribution >= 4 is 5.91 Å². The number of hydrogen-bond donors (Lipinski definition) is 2. The maximum absolute atomic E-state index is 12.2. The summed E-state index contributed by atoms with van der Waals surface area (Å²) in [6.45, 7) is 2.35. The van der Waals surface area contributed by atoms with Gasteiger partial charge in [-0.3, -0.25) is 15.0 Å². The quantitative estimate of drug-likeness (QED) is 0.486. The molecule has 0 aliphatic rings. The molecule has 0 bridgehead atoms. The number of hydrogen-bond acceptors (Lipinski definition) is 5. The smallest absolute Gasteiger partial charge is 0.279 e. The lowest BCUT2D eigenvalue weighted by molar-refractivity contribution is 0.0951. The number of aromatic nitrogens is 2. The summed E-state index contributed by atoms with van der Waals surface area (Å²) in [5.74, 6) is 5.22. The number of amides is 1. The topological polar surface area (TPSA) is 99.2 Å². The van der Waals surface area contributed by atoms with E-state index in [-0.39, 0.29) is 5.56 Å². The molecule has 0 aliphatic carbocycles. The average molecular weight is 302 g/mol. The summed E-state index contributed by atoms with van der Waals surface area (Å²) >= 11 is 0. The van der Waals surface area contributed by atoms with E-state index in [0.717, 1.165) is 12.0 Å². The van der Waals surface area contributed by atoms with Crippen LogP contribution in [-0.4, -0.2) is 22.8 Å². The van der Waals surface area contributed by atoms with Gasteiger partial charge in [0.25, 0.3) is 11.5 Å². The Morgan fingerprint density at radius 1 is 1.36 bits per heavy atom. The summed E-state index contributed by atoms with van der Waals surface area (Å²) in [6, 6.07) is 8.64. The molecule has 7 heteroatoms. The maximum atomic E-state index is 12.2. The molecule has 3 N–H and O–H groups in total. The Hall–Kier alpha value is -2.67. The number of aryl methyl sites for hydroxylation is 1. The lowest BCUT2D eigenvalue weighted by atomic mass is 10.1. The highest BCUT2D eigenvalue weighted by molar-refractivity contribution is 5.94. The van der Waals surface area contributed by atoms with Gasteiger partial charge < -0.3 is 4.74 Å². The van der Waals surface area contributed by atoms with Crippen LogP contribution < -0.4 is 21.6 Å². The fraction of sp³-hybridized carbons (Fsp3) is 0.267. The minimum atomic E-state index is -0.632. The monoisotopic (exact) mass is 302 g/mol. The Kier molecular flexibility index (Phi) is 4.90. The van der Waals surface area contributed by atoms with Crippen LogP contribution >= 0.6 is 0 Å². The minimum Gasteiger partial charge on any atom is -0.497 e. The van der Waals surface area contributed by atoms with Crippen LogP contribution in [0.5, 0.6) is 5.75 Å². The van der Waals surface area contributed by atoms with Crippen molar-refractivity contribution in [1.29, 1.82) is 0 Å². The first kappa shape index (κ1) is 15.7. The van der Waals surface area contributed by atoms with Gasteiger partial charge in [0.1, 0.15) is 11.3 Å². The molecule has 1 aromatic heterocycles. The van der Waals surface area contributed by atoms with Crippen LogP contribution in [0.1, 0.15) is 23.7 Å². The van der Waals surface area contributed by atoms with E-state index >= 15 is 0 Å². The first-order valence-corrected chi connectivity index (χ1v) is 6.88. The standard InChI is InChI=1S/C15H18N4O3/c1-3-8-19-15(21)12(14(20)17-16)9-13(18-19)10-4-6-11(22-2)7-5-10/h4-7,9H,3,8,16H2,1-2H3,(H,17,20). The molecule has 116 valence electrons. The zero-order valence-electron chi connectivity index (χ0n) is 12.5. The van der Waals surface area contributed by atoms with Crippen molar-refractivity contribution < 1.29 is 9.53 Å². The Labute approximate surface area is 127 Å². The normalized spacial score (nSPS) is 10.3. The second-order valence-electron chi connectivity index (χ2n) is 4.67. The zero-order valence-corrected chi connectivity index (χ0v) is 12.5. The molecule has 2 rings (SSSR count). The van der Waals surface area contributed by atoms with Gasteiger partial charge >= 0.3 is 0 Å². The number of nitrogens with two attached hydrogens (primary N) is 1. The second-order valence-corrected chi connectivity index (χ2v) is 4.67. The molecule has 0 saturated heterocycles. The van der Waals surface area contributed by atoms with Crippen molar-refractivity contribution in [3.63, 3.8) is 0 Å². The van der Waals surface area contributed by atoms with Crippen molar-refractivity contribution in [2.75, 3.05) is 7.11 Å². The van der Waals surface area contributed by atoms with E-state index in [1.54, 1.807) is 19.2 Å². The van der Waals surface area contributed by atoms with Gasteiger partial charge in [-0.1, -0.05) is 6.92 Å². The number of methoxy groups -OCH3 is 1. The van der Waals surface area contributed by atoms with Crippen LogP contribution in [0.3, 0.4) is 0 Å². The SMILES string of the molecule is CCCn1nc(-c2ccc(OC)cc2)cc(C(=O)NN)c1=O. The van der Waals surface area contributed by atoms with E-state index in [0.29, 0.717) is 18.0 Å². The predicted octanol–water partition coefficient (Wildman–Crippen LogP) is 0.932. The third kappa shape index (κ3) is 3.15. The van der Waals surface area contributed by atoms with Crippen molar-refractivity contribution in [3.8, 4) is 17.0 Å². The molecule has 0 radical (unpaired) electrons. The highest BCUT2D eigenvalue weighted by Crippen LogP contribution is 2.20. The first-order valence-electron chi connectivity index (χ1n) is 6.88. The van der Waals surface area contributed by atoms with Gasteiger partial charge in [0.05, 0.1) is 12.8 Å². The average Bonchev–Trinajstić information content (AvgIpc) is 2.56. The fourth-order valence-electron chi connectivity index (χ4n) is 2.05. The van der Waals surface area contributed by atoms with Crippen molar-refractivity contribution in [2.45, 2.75) is 19.9 Å². The molecule has 1 heterocycles. The molecule has 1 aromatic carbocycles. The van der Waals surface area contributed by atoms with Crippen molar-refractivity contribution in [3.05, 3.63) is 46.2 Å². The number of carbonyl (C=O) groups is 1. The number of nitrogens with zero attached hydrogens (tertiary/aromatic N) is 2. The van der Waals surface area contributed by atoms with Crippen LogP contribution in [0, 0.1) is 0 Å². The molecular formula is C15H18N4O3. The Balaban J connectivity index is 2.56. The Bertz CT molecular complexity index is 723. The second kappa shape index (κ2) is 6.86. The summed E-state index contributed by atoms with van der Waals surface area (Å²) in [5, 5.41) is 4.31. The molecule has 0 saturated carbocycles. The van der Waals surface area contributed by atoms with Crippen LogP contribution in [-0.2, 0) is 6.54 Å². The molecule has 0 unspecified atom stereocenters. The first-order chi connectivity index (χ1) is 10.6. The van der Waals surface area contributed by atoms with Gasteiger partial charge in [-0.25, -0.2) is 10.5 Å². The number of carbonyl (C=O) groups excluding carboxylic acids is 1. The molecular weight excluding hydrogens is 284 g/mol. The van der Waals surface area contributed by atoms with Crippen molar-refractivity contribution in [2.24, 2.45) is 5.84 Å². The summed E-state index contributed by atoms with van der Waals surface area (Å²) in [6.07, 6.45) is 0.725. The van der Waals surface area contributed by atoms with Gasteiger partial charge in [0.2, 0.25) is 0 Å². The molecule has 0 spiro atoms. The van der Waals surface area contributed by atoms with E-state index < -0.39 is 11.5 Å².